The monoisotopic (exact) mass is 404 g/mol. The van der Waals surface area contributed by atoms with Crippen molar-refractivity contribution in [3.8, 4) is 0 Å². The lowest BCUT2D eigenvalue weighted by molar-refractivity contribution is -0.413. The van der Waals surface area contributed by atoms with Gasteiger partial charge in [0.15, 0.2) is 0 Å². The molecule has 0 aromatic rings. The third kappa shape index (κ3) is 7.57. The number of nitrogens with one attached hydrogen (secondary N) is 2. The predicted molar refractivity (Wildman–Crippen MR) is 98.8 cm³/mol. The summed E-state index contributed by atoms with van der Waals surface area (Å²) >= 11 is 0.863. The molecule has 1 fully saturated rings. The van der Waals surface area contributed by atoms with Crippen LogP contribution in [0.4, 0.5) is 0 Å². The van der Waals surface area contributed by atoms with Crippen molar-refractivity contribution in [1.82, 2.24) is 10.6 Å². The van der Waals surface area contributed by atoms with Crippen LogP contribution >= 0.6 is 11.8 Å². The van der Waals surface area contributed by atoms with Gasteiger partial charge in [-0.1, -0.05) is 25.6 Å². The fraction of sp³-hybridized carbons (Fsp3) is 0.765. The van der Waals surface area contributed by atoms with Crippen LogP contribution in [0.2, 0.25) is 0 Å². The SMILES string of the molecule is COC1(C)OCC(C)(C)[C@H](C(=O)NCCC(=O)NCCSC(=O)C(C)=O)O1. The van der Waals surface area contributed by atoms with E-state index < -0.39 is 28.4 Å². The molecule has 1 rings (SSSR count). The van der Waals surface area contributed by atoms with Gasteiger partial charge >= 0.3 is 0 Å². The van der Waals surface area contributed by atoms with Gasteiger partial charge in [0.2, 0.25) is 17.6 Å². The topological polar surface area (TPSA) is 120 Å². The average molecular weight is 404 g/mol. The van der Waals surface area contributed by atoms with Crippen molar-refractivity contribution in [3.05, 3.63) is 0 Å². The minimum atomic E-state index is -1.29. The van der Waals surface area contributed by atoms with Crippen molar-refractivity contribution in [2.75, 3.05) is 32.6 Å². The summed E-state index contributed by atoms with van der Waals surface area (Å²) in [6.07, 6.45) is -0.698. The number of Topliss-reactive ketones (excluding diaryl/α,β-unsaturated/α-hetero) is 1. The van der Waals surface area contributed by atoms with E-state index in [1.165, 1.54) is 14.0 Å². The van der Waals surface area contributed by atoms with E-state index in [1.54, 1.807) is 6.92 Å². The van der Waals surface area contributed by atoms with Gasteiger partial charge in [0.1, 0.15) is 6.10 Å². The summed E-state index contributed by atoms with van der Waals surface area (Å²) in [5.41, 5.74) is -0.551. The van der Waals surface area contributed by atoms with Crippen LogP contribution in [0.3, 0.4) is 0 Å². The van der Waals surface area contributed by atoms with Crippen LogP contribution in [-0.4, -0.2) is 67.3 Å². The second-order valence-corrected chi connectivity index (χ2v) is 7.99. The summed E-state index contributed by atoms with van der Waals surface area (Å²) in [6, 6.07) is 0. The third-order valence-corrected chi connectivity index (χ3v) is 4.91. The van der Waals surface area contributed by atoms with E-state index in [-0.39, 0.29) is 37.9 Å². The van der Waals surface area contributed by atoms with E-state index in [9.17, 15) is 19.2 Å². The molecule has 0 spiro atoms. The van der Waals surface area contributed by atoms with Gasteiger partial charge in [-0.25, -0.2) is 0 Å². The van der Waals surface area contributed by atoms with Crippen LogP contribution in [-0.2, 0) is 33.4 Å². The molecule has 1 heterocycles. The Kier molecular flexibility index (Phi) is 8.86. The molecule has 2 amide bonds. The largest absolute Gasteiger partial charge is 0.355 e. The van der Waals surface area contributed by atoms with Gasteiger partial charge in [-0.15, -0.1) is 0 Å². The average Bonchev–Trinajstić information content (AvgIpc) is 2.60. The number of hydrogen-bond acceptors (Lipinski definition) is 8. The number of amides is 2. The number of ether oxygens (including phenoxy) is 3. The number of hydrogen-bond donors (Lipinski definition) is 2. The second kappa shape index (κ2) is 10.2. The smallest absolute Gasteiger partial charge is 0.280 e. The Morgan fingerprint density at radius 2 is 1.81 bits per heavy atom. The van der Waals surface area contributed by atoms with Crippen LogP contribution in [0.15, 0.2) is 0 Å². The third-order valence-electron chi connectivity index (χ3n) is 3.95. The Balaban J connectivity index is 2.33. The molecule has 1 unspecified atom stereocenters. The second-order valence-electron chi connectivity index (χ2n) is 6.92. The van der Waals surface area contributed by atoms with E-state index in [0.29, 0.717) is 5.75 Å². The summed E-state index contributed by atoms with van der Waals surface area (Å²) in [5.74, 6) is -2.10. The molecule has 1 aliphatic heterocycles. The molecule has 0 saturated carbocycles. The van der Waals surface area contributed by atoms with E-state index in [0.717, 1.165) is 11.8 Å². The molecule has 2 atom stereocenters. The van der Waals surface area contributed by atoms with Crippen molar-refractivity contribution >= 4 is 34.5 Å². The molecule has 2 N–H and O–H groups in total. The first kappa shape index (κ1) is 23.5. The minimum Gasteiger partial charge on any atom is -0.355 e. The predicted octanol–water partition coefficient (Wildman–Crippen LogP) is 0.219. The maximum Gasteiger partial charge on any atom is 0.280 e. The molecule has 0 radical (unpaired) electrons. The fourth-order valence-electron chi connectivity index (χ4n) is 2.23. The normalized spacial score (nSPS) is 24.1. The first-order valence-corrected chi connectivity index (χ1v) is 9.58. The Labute approximate surface area is 163 Å². The Bertz CT molecular complexity index is 582. The van der Waals surface area contributed by atoms with Gasteiger partial charge in [-0.05, 0) is 0 Å². The molecule has 1 saturated heterocycles. The van der Waals surface area contributed by atoms with E-state index in [1.807, 2.05) is 13.8 Å². The van der Waals surface area contributed by atoms with Crippen LogP contribution in [0.5, 0.6) is 0 Å². The summed E-state index contributed by atoms with van der Waals surface area (Å²) in [4.78, 5) is 46.1. The van der Waals surface area contributed by atoms with Crippen LogP contribution in [0.25, 0.3) is 0 Å². The standard InChI is InChI=1S/C17H28N2O7S/c1-11(20)15(23)27-9-8-18-12(21)6-7-19-14(22)13-16(2,3)10-25-17(4,24-5)26-13/h13H,6-10H2,1-5H3,(H,18,21)(H,19,22)/t13-,17?/m0/s1. The first-order chi connectivity index (χ1) is 12.5. The summed E-state index contributed by atoms with van der Waals surface area (Å²) in [5, 5.41) is 4.78. The Morgan fingerprint density at radius 3 is 2.41 bits per heavy atom. The fourth-order valence-corrected chi connectivity index (χ4v) is 2.82. The lowest BCUT2D eigenvalue weighted by Gasteiger charge is -2.44. The molecule has 0 bridgehead atoms. The number of rotatable bonds is 9. The number of ketones is 1. The molecule has 0 aromatic heterocycles. The zero-order valence-electron chi connectivity index (χ0n) is 16.4. The summed E-state index contributed by atoms with van der Waals surface area (Å²) in [7, 11) is 1.43. The lowest BCUT2D eigenvalue weighted by Crippen LogP contribution is -2.58. The van der Waals surface area contributed by atoms with Crippen LogP contribution in [0.1, 0.15) is 34.1 Å². The van der Waals surface area contributed by atoms with E-state index in [4.69, 9.17) is 14.2 Å². The molecular weight excluding hydrogens is 376 g/mol. The minimum absolute atomic E-state index is 0.0856. The molecule has 0 aliphatic carbocycles. The Hall–Kier alpha value is -1.49. The maximum absolute atomic E-state index is 12.4. The molecular formula is C17H28N2O7S. The van der Waals surface area contributed by atoms with E-state index >= 15 is 0 Å². The van der Waals surface area contributed by atoms with Gasteiger partial charge in [-0.2, -0.15) is 0 Å². The van der Waals surface area contributed by atoms with Gasteiger partial charge in [0.25, 0.3) is 11.1 Å². The summed E-state index contributed by atoms with van der Waals surface area (Å²) < 4.78 is 16.3. The highest BCUT2D eigenvalue weighted by Gasteiger charge is 2.48. The first-order valence-electron chi connectivity index (χ1n) is 8.60. The maximum atomic E-state index is 12.4. The number of carbonyl (C=O) groups excluding carboxylic acids is 4. The number of thioether (sulfide) groups is 1. The molecule has 0 aromatic carbocycles. The summed E-state index contributed by atoms with van der Waals surface area (Å²) in [6.45, 7) is 7.18. The van der Waals surface area contributed by atoms with Crippen molar-refractivity contribution in [2.45, 2.75) is 46.2 Å². The van der Waals surface area contributed by atoms with E-state index in [2.05, 4.69) is 10.6 Å². The van der Waals surface area contributed by atoms with Crippen LogP contribution < -0.4 is 10.6 Å². The highest BCUT2D eigenvalue weighted by Crippen LogP contribution is 2.35. The number of methoxy groups -OCH3 is 1. The highest BCUT2D eigenvalue weighted by atomic mass is 32.2. The molecule has 10 heteroatoms. The highest BCUT2D eigenvalue weighted by molar-refractivity contribution is 8.15. The van der Waals surface area contributed by atoms with Gasteiger partial charge in [0.05, 0.1) is 6.61 Å². The van der Waals surface area contributed by atoms with Gasteiger partial charge in [0, 0.05) is 51.6 Å². The molecule has 27 heavy (non-hydrogen) atoms. The van der Waals surface area contributed by atoms with Crippen molar-refractivity contribution < 1.29 is 33.4 Å². The molecule has 9 nitrogen and oxygen atoms in total. The van der Waals surface area contributed by atoms with Gasteiger partial charge < -0.3 is 24.8 Å². The molecule has 154 valence electrons. The zero-order valence-corrected chi connectivity index (χ0v) is 17.2. The molecule has 1 aliphatic rings. The van der Waals surface area contributed by atoms with Crippen molar-refractivity contribution in [1.29, 1.82) is 0 Å². The zero-order chi connectivity index (χ0) is 20.7. The Morgan fingerprint density at radius 1 is 1.15 bits per heavy atom. The van der Waals surface area contributed by atoms with Crippen molar-refractivity contribution in [2.24, 2.45) is 5.41 Å². The van der Waals surface area contributed by atoms with Crippen LogP contribution in [0, 0.1) is 5.41 Å². The lowest BCUT2D eigenvalue weighted by atomic mass is 9.86. The number of carbonyl (C=O) groups is 4. The van der Waals surface area contributed by atoms with Crippen molar-refractivity contribution in [3.63, 3.8) is 0 Å². The quantitative estimate of drug-likeness (QED) is 0.414. The van der Waals surface area contributed by atoms with Gasteiger partial charge in [-0.3, -0.25) is 19.2 Å².